The molecule has 0 heterocycles. The molecule has 0 saturated heterocycles. The Balaban J connectivity index is 3.07. The summed E-state index contributed by atoms with van der Waals surface area (Å²) >= 11 is 0. The fourth-order valence-corrected chi connectivity index (χ4v) is 1.51. The molecule has 1 atom stereocenters. The summed E-state index contributed by atoms with van der Waals surface area (Å²) in [6, 6.07) is 10.5. The molecule has 1 aromatic carbocycles. The minimum absolute atomic E-state index is 0.0289. The normalized spacial score (nSPS) is 12.5. The van der Waals surface area contributed by atoms with E-state index in [0.29, 0.717) is 5.92 Å². The van der Waals surface area contributed by atoms with E-state index in [-0.39, 0.29) is 5.92 Å². The summed E-state index contributed by atoms with van der Waals surface area (Å²) in [4.78, 5) is 0. The van der Waals surface area contributed by atoms with Gasteiger partial charge in [0.1, 0.15) is 0 Å². The molecule has 0 aliphatic rings. The lowest BCUT2D eigenvalue weighted by atomic mass is 9.87. The molecule has 1 rings (SSSR count). The summed E-state index contributed by atoms with van der Waals surface area (Å²) < 4.78 is 0. The van der Waals surface area contributed by atoms with Gasteiger partial charge in [0.05, 0.1) is 12.0 Å². The zero-order valence-corrected chi connectivity index (χ0v) is 8.41. The summed E-state index contributed by atoms with van der Waals surface area (Å²) in [5, 5.41) is 9.02. The predicted molar refractivity (Wildman–Crippen MR) is 54.4 cm³/mol. The van der Waals surface area contributed by atoms with E-state index in [9.17, 15) is 0 Å². The zero-order valence-electron chi connectivity index (χ0n) is 8.41. The molecule has 0 fully saturated rings. The lowest BCUT2D eigenvalue weighted by Crippen LogP contribution is -2.05. The van der Waals surface area contributed by atoms with E-state index >= 15 is 0 Å². The first-order chi connectivity index (χ1) is 6.16. The first-order valence-electron chi connectivity index (χ1n) is 4.62. The van der Waals surface area contributed by atoms with Crippen molar-refractivity contribution >= 4 is 0 Å². The summed E-state index contributed by atoms with van der Waals surface area (Å²) in [5.74, 6) is 0.410. The molecule has 1 unspecified atom stereocenters. The molecule has 1 heteroatoms. The van der Waals surface area contributed by atoms with Gasteiger partial charge in [-0.2, -0.15) is 5.26 Å². The van der Waals surface area contributed by atoms with Gasteiger partial charge >= 0.3 is 0 Å². The van der Waals surface area contributed by atoms with Gasteiger partial charge in [0.15, 0.2) is 0 Å². The fourth-order valence-electron chi connectivity index (χ4n) is 1.51. The first kappa shape index (κ1) is 9.80. The van der Waals surface area contributed by atoms with Crippen LogP contribution in [0.5, 0.6) is 0 Å². The van der Waals surface area contributed by atoms with Crippen molar-refractivity contribution in [1.29, 1.82) is 5.26 Å². The molecular weight excluding hydrogens is 158 g/mol. The first-order valence-corrected chi connectivity index (χ1v) is 4.62. The monoisotopic (exact) mass is 173 g/mol. The highest BCUT2D eigenvalue weighted by molar-refractivity contribution is 5.33. The molecule has 0 aliphatic heterocycles. The van der Waals surface area contributed by atoms with Crippen LogP contribution in [0.15, 0.2) is 24.3 Å². The van der Waals surface area contributed by atoms with E-state index in [1.54, 1.807) is 0 Å². The minimum atomic E-state index is 0.0289. The molecule has 0 amide bonds. The van der Waals surface area contributed by atoms with E-state index in [1.165, 1.54) is 11.1 Å². The lowest BCUT2D eigenvalue weighted by molar-refractivity contribution is 0.585. The highest BCUT2D eigenvalue weighted by Gasteiger charge is 2.15. The van der Waals surface area contributed by atoms with Gasteiger partial charge in [-0.1, -0.05) is 38.1 Å². The van der Waals surface area contributed by atoms with Gasteiger partial charge in [-0.15, -0.1) is 0 Å². The summed E-state index contributed by atoms with van der Waals surface area (Å²) in [6.07, 6.45) is 0. The summed E-state index contributed by atoms with van der Waals surface area (Å²) in [5.41, 5.74) is 2.38. The smallest absolute Gasteiger partial charge is 0.0738 e. The Kier molecular flexibility index (Phi) is 3.08. The van der Waals surface area contributed by atoms with E-state index in [4.69, 9.17) is 5.26 Å². The Morgan fingerprint density at radius 2 is 1.85 bits per heavy atom. The minimum Gasteiger partial charge on any atom is -0.198 e. The maximum atomic E-state index is 9.02. The van der Waals surface area contributed by atoms with Gasteiger partial charge in [0, 0.05) is 0 Å². The van der Waals surface area contributed by atoms with Crippen molar-refractivity contribution in [1.82, 2.24) is 0 Å². The molecule has 1 nitrogen and oxygen atoms in total. The second-order valence-corrected chi connectivity index (χ2v) is 3.71. The van der Waals surface area contributed by atoms with Crippen molar-refractivity contribution in [2.45, 2.75) is 26.7 Å². The number of rotatable bonds is 2. The maximum Gasteiger partial charge on any atom is 0.0738 e. The van der Waals surface area contributed by atoms with Crippen LogP contribution in [0.4, 0.5) is 0 Å². The van der Waals surface area contributed by atoms with E-state index in [1.807, 2.05) is 18.2 Å². The van der Waals surface area contributed by atoms with Crippen molar-refractivity contribution in [3.63, 3.8) is 0 Å². The summed E-state index contributed by atoms with van der Waals surface area (Å²) in [6.45, 7) is 6.22. The molecule has 0 radical (unpaired) electrons. The second kappa shape index (κ2) is 4.09. The number of aryl methyl sites for hydroxylation is 1. The number of hydrogen-bond acceptors (Lipinski definition) is 1. The van der Waals surface area contributed by atoms with Crippen LogP contribution in [-0.4, -0.2) is 0 Å². The van der Waals surface area contributed by atoms with Gasteiger partial charge < -0.3 is 0 Å². The quantitative estimate of drug-likeness (QED) is 0.673. The Bertz CT molecular complexity index is 320. The third kappa shape index (κ3) is 2.09. The van der Waals surface area contributed by atoms with E-state index in [2.05, 4.69) is 32.9 Å². The standard InChI is InChI=1S/C12H15N/c1-9(2)12(8-13)11-7-5-4-6-10(11)3/h4-7,9,12H,1-3H3. The Morgan fingerprint density at radius 3 is 2.31 bits per heavy atom. The van der Waals surface area contributed by atoms with Crippen molar-refractivity contribution in [2.75, 3.05) is 0 Å². The lowest BCUT2D eigenvalue weighted by Gasteiger charge is -2.15. The molecule has 0 aromatic heterocycles. The van der Waals surface area contributed by atoms with Crippen LogP contribution in [0, 0.1) is 24.2 Å². The SMILES string of the molecule is Cc1ccccc1C(C#N)C(C)C. The molecule has 68 valence electrons. The van der Waals surface area contributed by atoms with Gasteiger partial charge in [-0.05, 0) is 24.0 Å². The fraction of sp³-hybridized carbons (Fsp3) is 0.417. The van der Waals surface area contributed by atoms with Crippen molar-refractivity contribution in [3.8, 4) is 6.07 Å². The van der Waals surface area contributed by atoms with Crippen molar-refractivity contribution < 1.29 is 0 Å². The molecule has 0 spiro atoms. The van der Waals surface area contributed by atoms with E-state index < -0.39 is 0 Å². The van der Waals surface area contributed by atoms with Crippen LogP contribution in [0.1, 0.15) is 30.9 Å². The molecular formula is C12H15N. The second-order valence-electron chi connectivity index (χ2n) is 3.71. The predicted octanol–water partition coefficient (Wildman–Crippen LogP) is 3.26. The largest absolute Gasteiger partial charge is 0.198 e. The maximum absolute atomic E-state index is 9.02. The Morgan fingerprint density at radius 1 is 1.23 bits per heavy atom. The Hall–Kier alpha value is -1.29. The van der Waals surface area contributed by atoms with Crippen molar-refractivity contribution in [2.24, 2.45) is 5.92 Å². The van der Waals surface area contributed by atoms with Crippen molar-refractivity contribution in [3.05, 3.63) is 35.4 Å². The number of benzene rings is 1. The topological polar surface area (TPSA) is 23.8 Å². The number of nitrogens with zero attached hydrogens (tertiary/aromatic N) is 1. The summed E-state index contributed by atoms with van der Waals surface area (Å²) in [7, 11) is 0. The van der Waals surface area contributed by atoms with Crippen LogP contribution in [-0.2, 0) is 0 Å². The highest BCUT2D eigenvalue weighted by Crippen LogP contribution is 2.25. The average Bonchev–Trinajstić information content (AvgIpc) is 2.09. The number of hydrogen-bond donors (Lipinski definition) is 0. The highest BCUT2D eigenvalue weighted by atomic mass is 14.3. The van der Waals surface area contributed by atoms with Gasteiger partial charge in [-0.3, -0.25) is 0 Å². The molecule has 0 bridgehead atoms. The Labute approximate surface area is 80.0 Å². The third-order valence-electron chi connectivity index (χ3n) is 2.33. The number of nitriles is 1. The van der Waals surface area contributed by atoms with Crippen LogP contribution >= 0.6 is 0 Å². The average molecular weight is 173 g/mol. The third-order valence-corrected chi connectivity index (χ3v) is 2.33. The van der Waals surface area contributed by atoms with Crippen LogP contribution in [0.2, 0.25) is 0 Å². The van der Waals surface area contributed by atoms with Crippen LogP contribution in [0.3, 0.4) is 0 Å². The molecule has 0 N–H and O–H groups in total. The van der Waals surface area contributed by atoms with Crippen LogP contribution < -0.4 is 0 Å². The molecule has 0 aliphatic carbocycles. The van der Waals surface area contributed by atoms with Gasteiger partial charge in [0.25, 0.3) is 0 Å². The van der Waals surface area contributed by atoms with Gasteiger partial charge in [0.2, 0.25) is 0 Å². The molecule has 0 saturated carbocycles. The van der Waals surface area contributed by atoms with E-state index in [0.717, 1.165) is 0 Å². The zero-order chi connectivity index (χ0) is 9.84. The van der Waals surface area contributed by atoms with Crippen LogP contribution in [0.25, 0.3) is 0 Å². The van der Waals surface area contributed by atoms with Gasteiger partial charge in [-0.25, -0.2) is 0 Å². The molecule has 1 aromatic rings. The molecule has 13 heavy (non-hydrogen) atoms.